The van der Waals surface area contributed by atoms with E-state index in [1.54, 1.807) is 0 Å². The molecule has 0 amide bonds. The smallest absolute Gasteiger partial charge is 0.413 e. The summed E-state index contributed by atoms with van der Waals surface area (Å²) in [7, 11) is 0. The van der Waals surface area contributed by atoms with Crippen LogP contribution in [-0.4, -0.2) is 19.4 Å². The number of rotatable bonds is 5. The highest BCUT2D eigenvalue weighted by atomic mass is 19.4. The van der Waals surface area contributed by atoms with Gasteiger partial charge in [-0.3, -0.25) is 4.84 Å². The monoisotopic (exact) mass is 275 g/mol. The van der Waals surface area contributed by atoms with E-state index in [-0.39, 0.29) is 6.04 Å². The Kier molecular flexibility index (Phi) is 4.31. The van der Waals surface area contributed by atoms with E-state index < -0.39 is 12.8 Å². The van der Waals surface area contributed by atoms with Gasteiger partial charge in [-0.25, -0.2) is 0 Å². The lowest BCUT2D eigenvalue weighted by molar-refractivity contribution is -0.193. The molecule has 0 radical (unpaired) electrons. The third-order valence-electron chi connectivity index (χ3n) is 2.99. The molecule has 0 aliphatic carbocycles. The Morgan fingerprint density at radius 3 is 2.89 bits per heavy atom. The second kappa shape index (κ2) is 5.79. The summed E-state index contributed by atoms with van der Waals surface area (Å²) in [5.74, 6) is 0.856. The topological polar surface area (TPSA) is 30.5 Å². The Bertz CT molecular complexity index is 434. The highest BCUT2D eigenvalue weighted by Crippen LogP contribution is 2.29. The minimum atomic E-state index is -4.32. The zero-order valence-corrected chi connectivity index (χ0v) is 10.6. The zero-order chi connectivity index (χ0) is 13.9. The minimum Gasteiger partial charge on any atom is -0.493 e. The average molecular weight is 275 g/mol. The Morgan fingerprint density at radius 1 is 1.42 bits per heavy atom. The molecule has 1 aliphatic heterocycles. The molecule has 0 bridgehead atoms. The summed E-state index contributed by atoms with van der Waals surface area (Å²) >= 11 is 0. The molecule has 1 atom stereocenters. The van der Waals surface area contributed by atoms with E-state index >= 15 is 0 Å². The summed E-state index contributed by atoms with van der Waals surface area (Å²) in [5.41, 5.74) is 4.47. The van der Waals surface area contributed by atoms with Gasteiger partial charge in [0, 0.05) is 6.42 Å². The maximum Gasteiger partial charge on any atom is 0.413 e. The van der Waals surface area contributed by atoms with Gasteiger partial charge in [0.15, 0.2) is 6.61 Å². The first-order valence-electron chi connectivity index (χ1n) is 6.19. The summed E-state index contributed by atoms with van der Waals surface area (Å²) < 4.78 is 41.4. The molecule has 2 rings (SSSR count). The fourth-order valence-electron chi connectivity index (χ4n) is 2.03. The third-order valence-corrected chi connectivity index (χ3v) is 2.99. The SMILES string of the molecule is CCC(NOCC(F)(F)F)c1ccc2c(c1)CCO2. The molecule has 1 aromatic rings. The summed E-state index contributed by atoms with van der Waals surface area (Å²) in [6.45, 7) is 1.25. The molecular weight excluding hydrogens is 259 g/mol. The van der Waals surface area contributed by atoms with Crippen LogP contribution in [0.25, 0.3) is 0 Å². The van der Waals surface area contributed by atoms with Gasteiger partial charge in [-0.15, -0.1) is 0 Å². The molecule has 19 heavy (non-hydrogen) atoms. The van der Waals surface area contributed by atoms with Crippen molar-refractivity contribution >= 4 is 0 Å². The predicted octanol–water partition coefficient (Wildman–Crippen LogP) is 3.16. The van der Waals surface area contributed by atoms with Gasteiger partial charge in [-0.2, -0.15) is 18.7 Å². The largest absolute Gasteiger partial charge is 0.493 e. The van der Waals surface area contributed by atoms with Gasteiger partial charge in [-0.05, 0) is 23.6 Å². The Labute approximate surface area is 109 Å². The zero-order valence-electron chi connectivity index (χ0n) is 10.6. The number of hydrogen-bond acceptors (Lipinski definition) is 3. The van der Waals surface area contributed by atoms with Crippen LogP contribution in [0.3, 0.4) is 0 Å². The highest BCUT2D eigenvalue weighted by molar-refractivity contribution is 5.40. The van der Waals surface area contributed by atoms with Gasteiger partial charge in [0.1, 0.15) is 5.75 Å². The van der Waals surface area contributed by atoms with Crippen LogP contribution in [0.15, 0.2) is 18.2 Å². The van der Waals surface area contributed by atoms with E-state index in [0.29, 0.717) is 13.0 Å². The van der Waals surface area contributed by atoms with Crippen LogP contribution in [0.4, 0.5) is 13.2 Å². The number of benzene rings is 1. The van der Waals surface area contributed by atoms with Crippen molar-refractivity contribution in [2.75, 3.05) is 13.2 Å². The van der Waals surface area contributed by atoms with Crippen LogP contribution in [0.5, 0.6) is 5.75 Å². The number of nitrogens with one attached hydrogen (secondary N) is 1. The maximum atomic E-state index is 12.0. The van der Waals surface area contributed by atoms with Crippen molar-refractivity contribution in [2.45, 2.75) is 32.0 Å². The van der Waals surface area contributed by atoms with Crippen molar-refractivity contribution < 1.29 is 22.7 Å². The second-order valence-corrected chi connectivity index (χ2v) is 4.45. The van der Waals surface area contributed by atoms with E-state index in [1.807, 2.05) is 25.1 Å². The van der Waals surface area contributed by atoms with Gasteiger partial charge in [0.25, 0.3) is 0 Å². The normalized spacial score (nSPS) is 16.0. The predicted molar refractivity (Wildman–Crippen MR) is 63.8 cm³/mol. The van der Waals surface area contributed by atoms with Crippen molar-refractivity contribution in [3.63, 3.8) is 0 Å². The lowest BCUT2D eigenvalue weighted by Crippen LogP contribution is -2.27. The summed E-state index contributed by atoms with van der Waals surface area (Å²) in [4.78, 5) is 4.52. The van der Waals surface area contributed by atoms with Gasteiger partial charge in [0.2, 0.25) is 0 Å². The summed E-state index contributed by atoms with van der Waals surface area (Å²) in [5, 5.41) is 0. The number of halogens is 3. The standard InChI is InChI=1S/C13H16F3NO2/c1-2-11(17-19-8-13(14,15)16)9-3-4-12-10(7-9)5-6-18-12/h3-4,7,11,17H,2,5-6,8H2,1H3. The molecule has 106 valence electrons. The number of fused-ring (bicyclic) bond motifs is 1. The molecule has 1 unspecified atom stereocenters. The molecule has 6 heteroatoms. The third kappa shape index (κ3) is 3.84. The van der Waals surface area contributed by atoms with Gasteiger partial charge < -0.3 is 4.74 Å². The van der Waals surface area contributed by atoms with Gasteiger partial charge in [-0.1, -0.05) is 19.1 Å². The summed E-state index contributed by atoms with van der Waals surface area (Å²) in [6, 6.07) is 5.40. The fourth-order valence-corrected chi connectivity index (χ4v) is 2.03. The van der Waals surface area contributed by atoms with Crippen LogP contribution >= 0.6 is 0 Å². The lowest BCUT2D eigenvalue weighted by atomic mass is 10.0. The quantitative estimate of drug-likeness (QED) is 0.837. The first-order chi connectivity index (χ1) is 8.99. The van der Waals surface area contributed by atoms with E-state index in [2.05, 4.69) is 10.3 Å². The van der Waals surface area contributed by atoms with Crippen LogP contribution in [0.2, 0.25) is 0 Å². The number of hydrogen-bond donors (Lipinski definition) is 1. The minimum absolute atomic E-state index is 0.256. The molecule has 1 N–H and O–H groups in total. The second-order valence-electron chi connectivity index (χ2n) is 4.45. The highest BCUT2D eigenvalue weighted by Gasteiger charge is 2.28. The van der Waals surface area contributed by atoms with Crippen molar-refractivity contribution in [2.24, 2.45) is 0 Å². The van der Waals surface area contributed by atoms with Crippen molar-refractivity contribution in [1.29, 1.82) is 0 Å². The van der Waals surface area contributed by atoms with Crippen LogP contribution in [0.1, 0.15) is 30.5 Å². The number of alkyl halides is 3. The van der Waals surface area contributed by atoms with Crippen molar-refractivity contribution in [1.82, 2.24) is 5.48 Å². The van der Waals surface area contributed by atoms with E-state index in [0.717, 1.165) is 23.3 Å². The Morgan fingerprint density at radius 2 is 2.21 bits per heavy atom. The van der Waals surface area contributed by atoms with Crippen LogP contribution in [0, 0.1) is 0 Å². The first kappa shape index (κ1) is 14.1. The molecule has 1 heterocycles. The van der Waals surface area contributed by atoms with E-state index in [9.17, 15) is 13.2 Å². The molecule has 0 saturated carbocycles. The van der Waals surface area contributed by atoms with Crippen LogP contribution in [-0.2, 0) is 11.3 Å². The maximum absolute atomic E-state index is 12.0. The average Bonchev–Trinajstić information content (AvgIpc) is 2.80. The Balaban J connectivity index is 1.97. The molecule has 1 aromatic carbocycles. The molecule has 0 fully saturated rings. The number of hydroxylamine groups is 1. The molecular formula is C13H16F3NO2. The van der Waals surface area contributed by atoms with Gasteiger partial charge >= 0.3 is 6.18 Å². The molecule has 0 spiro atoms. The number of ether oxygens (including phenoxy) is 1. The van der Waals surface area contributed by atoms with E-state index in [4.69, 9.17) is 4.74 Å². The fraction of sp³-hybridized carbons (Fsp3) is 0.538. The van der Waals surface area contributed by atoms with Crippen molar-refractivity contribution in [3.8, 4) is 5.75 Å². The van der Waals surface area contributed by atoms with Gasteiger partial charge in [0.05, 0.1) is 12.6 Å². The first-order valence-corrected chi connectivity index (χ1v) is 6.19. The van der Waals surface area contributed by atoms with Crippen molar-refractivity contribution in [3.05, 3.63) is 29.3 Å². The molecule has 3 nitrogen and oxygen atoms in total. The lowest BCUT2D eigenvalue weighted by Gasteiger charge is -2.18. The van der Waals surface area contributed by atoms with Crippen LogP contribution < -0.4 is 10.2 Å². The molecule has 0 saturated heterocycles. The summed E-state index contributed by atoms with van der Waals surface area (Å²) in [6.07, 6.45) is -2.85. The molecule has 1 aliphatic rings. The Hall–Kier alpha value is -1.27. The molecule has 0 aromatic heterocycles. The van der Waals surface area contributed by atoms with E-state index in [1.165, 1.54) is 0 Å².